The zero-order valence-corrected chi connectivity index (χ0v) is 12.6. The molecule has 2 aromatic heterocycles. The third kappa shape index (κ3) is 2.85. The van der Waals surface area contributed by atoms with Crippen LogP contribution in [0.15, 0.2) is 18.3 Å². The molecular weight excluding hydrogens is 250 g/mol. The predicted molar refractivity (Wildman–Crippen MR) is 79.7 cm³/mol. The van der Waals surface area contributed by atoms with E-state index < -0.39 is 0 Å². The van der Waals surface area contributed by atoms with Crippen molar-refractivity contribution in [3.8, 4) is 0 Å². The molecule has 2 aromatic rings. The largest absolute Gasteiger partial charge is 0.378 e. The Labute approximate surface area is 120 Å². The Hall–Kier alpha value is -1.42. The summed E-state index contributed by atoms with van der Waals surface area (Å²) in [6, 6.07) is 3.99. The Bertz CT molecular complexity index is 591. The van der Waals surface area contributed by atoms with Gasteiger partial charge in [-0.2, -0.15) is 0 Å². The second-order valence-corrected chi connectivity index (χ2v) is 6.86. The van der Waals surface area contributed by atoms with E-state index in [1.54, 1.807) is 0 Å². The van der Waals surface area contributed by atoms with E-state index in [0.717, 1.165) is 43.0 Å². The van der Waals surface area contributed by atoms with Crippen LogP contribution in [0.4, 0.5) is 0 Å². The minimum atomic E-state index is 0.205. The lowest BCUT2D eigenvalue weighted by Crippen LogP contribution is -2.20. The number of aromatic nitrogens is 3. The normalized spacial score (nSPS) is 19.9. The van der Waals surface area contributed by atoms with Gasteiger partial charge in [-0.05, 0) is 30.4 Å². The van der Waals surface area contributed by atoms with Crippen molar-refractivity contribution in [1.29, 1.82) is 0 Å². The van der Waals surface area contributed by atoms with Gasteiger partial charge in [-0.1, -0.05) is 20.8 Å². The Morgan fingerprint density at radius 3 is 2.95 bits per heavy atom. The molecular formula is C16H23N3O. The van der Waals surface area contributed by atoms with Gasteiger partial charge in [0.15, 0.2) is 5.65 Å². The molecule has 0 aromatic carbocycles. The fourth-order valence-electron chi connectivity index (χ4n) is 2.81. The molecule has 0 aliphatic carbocycles. The summed E-state index contributed by atoms with van der Waals surface area (Å²) >= 11 is 0. The fraction of sp³-hybridized carbons (Fsp3) is 0.625. The third-order valence-electron chi connectivity index (χ3n) is 3.65. The van der Waals surface area contributed by atoms with Gasteiger partial charge >= 0.3 is 0 Å². The molecule has 1 atom stereocenters. The van der Waals surface area contributed by atoms with Crippen LogP contribution < -0.4 is 0 Å². The van der Waals surface area contributed by atoms with Gasteiger partial charge in [0.05, 0.1) is 6.10 Å². The minimum Gasteiger partial charge on any atom is -0.378 e. The monoisotopic (exact) mass is 273 g/mol. The summed E-state index contributed by atoms with van der Waals surface area (Å²) in [6.45, 7) is 8.57. The standard InChI is InChI=1S/C16H23N3O/c1-16(2,3)11-19-14(10-12-6-5-9-20-12)18-13-7-4-8-17-15(13)19/h4,7-8,12H,5-6,9-11H2,1-3H3. The molecule has 1 aliphatic heterocycles. The number of pyridine rings is 1. The van der Waals surface area contributed by atoms with Crippen molar-refractivity contribution in [3.05, 3.63) is 24.2 Å². The molecule has 0 amide bonds. The van der Waals surface area contributed by atoms with Crippen molar-refractivity contribution in [2.75, 3.05) is 6.61 Å². The molecule has 4 heteroatoms. The summed E-state index contributed by atoms with van der Waals surface area (Å²) in [6.07, 6.45) is 5.38. The Morgan fingerprint density at radius 1 is 1.40 bits per heavy atom. The minimum absolute atomic E-state index is 0.205. The first-order valence-electron chi connectivity index (χ1n) is 7.45. The predicted octanol–water partition coefficient (Wildman–Crippen LogP) is 3.20. The summed E-state index contributed by atoms with van der Waals surface area (Å²) in [7, 11) is 0. The highest BCUT2D eigenvalue weighted by molar-refractivity contribution is 5.71. The number of fused-ring (bicyclic) bond motifs is 1. The SMILES string of the molecule is CC(C)(C)Cn1c(CC2CCCO2)nc2cccnc21. The van der Waals surface area contributed by atoms with Crippen molar-refractivity contribution >= 4 is 11.2 Å². The molecule has 1 saturated heterocycles. The van der Waals surface area contributed by atoms with Crippen molar-refractivity contribution in [2.45, 2.75) is 52.7 Å². The van der Waals surface area contributed by atoms with Crippen molar-refractivity contribution in [3.63, 3.8) is 0 Å². The Balaban J connectivity index is 1.98. The number of nitrogens with zero attached hydrogens (tertiary/aromatic N) is 3. The van der Waals surface area contributed by atoms with Gasteiger partial charge in [0.25, 0.3) is 0 Å². The highest BCUT2D eigenvalue weighted by Crippen LogP contribution is 2.24. The maximum absolute atomic E-state index is 5.76. The quantitative estimate of drug-likeness (QED) is 0.862. The summed E-state index contributed by atoms with van der Waals surface area (Å²) in [5, 5.41) is 0. The summed E-state index contributed by atoms with van der Waals surface area (Å²) in [4.78, 5) is 9.30. The van der Waals surface area contributed by atoms with Crippen LogP contribution in [0.25, 0.3) is 11.2 Å². The fourth-order valence-corrected chi connectivity index (χ4v) is 2.81. The second-order valence-electron chi connectivity index (χ2n) is 6.86. The summed E-state index contributed by atoms with van der Waals surface area (Å²) in [5.41, 5.74) is 2.19. The number of imidazole rings is 1. The van der Waals surface area contributed by atoms with Crippen LogP contribution in [-0.4, -0.2) is 27.2 Å². The Morgan fingerprint density at radius 2 is 2.25 bits per heavy atom. The van der Waals surface area contributed by atoms with E-state index in [-0.39, 0.29) is 5.41 Å². The molecule has 4 nitrogen and oxygen atoms in total. The summed E-state index contributed by atoms with van der Waals surface area (Å²) in [5.74, 6) is 1.11. The lowest BCUT2D eigenvalue weighted by Gasteiger charge is -2.21. The Kier molecular flexibility index (Phi) is 3.50. The highest BCUT2D eigenvalue weighted by atomic mass is 16.5. The molecule has 0 bridgehead atoms. The van der Waals surface area contributed by atoms with Gasteiger partial charge in [0.1, 0.15) is 11.3 Å². The lowest BCUT2D eigenvalue weighted by molar-refractivity contribution is 0.108. The van der Waals surface area contributed by atoms with Crippen molar-refractivity contribution in [2.24, 2.45) is 5.41 Å². The summed E-state index contributed by atoms with van der Waals surface area (Å²) < 4.78 is 8.04. The van der Waals surface area contributed by atoms with Crippen LogP contribution in [0, 0.1) is 5.41 Å². The molecule has 0 radical (unpaired) electrons. The van der Waals surface area contributed by atoms with Crippen LogP contribution >= 0.6 is 0 Å². The molecule has 0 saturated carbocycles. The van der Waals surface area contributed by atoms with Crippen molar-refractivity contribution in [1.82, 2.24) is 14.5 Å². The van der Waals surface area contributed by atoms with Crippen LogP contribution in [0.5, 0.6) is 0 Å². The number of hydrogen-bond donors (Lipinski definition) is 0. The number of ether oxygens (including phenoxy) is 1. The molecule has 20 heavy (non-hydrogen) atoms. The van der Waals surface area contributed by atoms with Crippen LogP contribution in [0.2, 0.25) is 0 Å². The lowest BCUT2D eigenvalue weighted by atomic mass is 9.96. The van der Waals surface area contributed by atoms with E-state index in [1.807, 2.05) is 18.3 Å². The number of rotatable bonds is 3. The topological polar surface area (TPSA) is 39.9 Å². The van der Waals surface area contributed by atoms with Crippen molar-refractivity contribution < 1.29 is 4.74 Å². The molecule has 108 valence electrons. The molecule has 1 aliphatic rings. The maximum Gasteiger partial charge on any atom is 0.160 e. The smallest absolute Gasteiger partial charge is 0.160 e. The van der Waals surface area contributed by atoms with Crippen LogP contribution in [-0.2, 0) is 17.7 Å². The van der Waals surface area contributed by atoms with E-state index in [9.17, 15) is 0 Å². The first kappa shape index (κ1) is 13.6. The van der Waals surface area contributed by atoms with E-state index in [1.165, 1.54) is 6.42 Å². The first-order valence-corrected chi connectivity index (χ1v) is 7.45. The maximum atomic E-state index is 5.76. The van der Waals surface area contributed by atoms with E-state index in [2.05, 4.69) is 30.3 Å². The van der Waals surface area contributed by atoms with E-state index >= 15 is 0 Å². The molecule has 1 fully saturated rings. The van der Waals surface area contributed by atoms with Crippen LogP contribution in [0.1, 0.15) is 39.4 Å². The van der Waals surface area contributed by atoms with Gasteiger partial charge in [0.2, 0.25) is 0 Å². The molecule has 0 spiro atoms. The third-order valence-corrected chi connectivity index (χ3v) is 3.65. The van der Waals surface area contributed by atoms with Gasteiger partial charge in [0, 0.05) is 25.8 Å². The zero-order chi connectivity index (χ0) is 14.2. The second kappa shape index (κ2) is 5.17. The average molecular weight is 273 g/mol. The van der Waals surface area contributed by atoms with Crippen LogP contribution in [0.3, 0.4) is 0 Å². The van der Waals surface area contributed by atoms with E-state index in [0.29, 0.717) is 6.10 Å². The highest BCUT2D eigenvalue weighted by Gasteiger charge is 2.22. The van der Waals surface area contributed by atoms with Gasteiger partial charge in [-0.15, -0.1) is 0 Å². The van der Waals surface area contributed by atoms with E-state index in [4.69, 9.17) is 9.72 Å². The van der Waals surface area contributed by atoms with Gasteiger partial charge in [-0.25, -0.2) is 9.97 Å². The molecule has 3 rings (SSSR count). The van der Waals surface area contributed by atoms with Gasteiger partial charge < -0.3 is 9.30 Å². The molecule has 1 unspecified atom stereocenters. The molecule has 0 N–H and O–H groups in total. The van der Waals surface area contributed by atoms with Gasteiger partial charge in [-0.3, -0.25) is 0 Å². The molecule has 3 heterocycles. The average Bonchev–Trinajstić information content (AvgIpc) is 2.98. The first-order chi connectivity index (χ1) is 9.53. The number of hydrogen-bond acceptors (Lipinski definition) is 3. The zero-order valence-electron chi connectivity index (χ0n) is 12.6.